The summed E-state index contributed by atoms with van der Waals surface area (Å²) >= 11 is 0. The molecule has 0 heterocycles. The molecule has 1 saturated carbocycles. The molecule has 1 aromatic carbocycles. The van der Waals surface area contributed by atoms with Crippen LogP contribution in [0.3, 0.4) is 0 Å². The van der Waals surface area contributed by atoms with Gasteiger partial charge in [-0.3, -0.25) is 0 Å². The molecular formula is C14H19. The van der Waals surface area contributed by atoms with Crippen LogP contribution < -0.4 is 0 Å². The smallest absolute Gasteiger partial charge is 0.0159 e. The Hall–Kier alpha value is -0.780. The standard InChI is InChI=1S/C14H19/c1-2-6-12-9-10-14(11-12)13-7-4-3-5-8-13/h4-5,7-8,12,14H,2,6,9-11H2,1H3. The molecule has 0 nitrogen and oxygen atoms in total. The summed E-state index contributed by atoms with van der Waals surface area (Å²) in [6.45, 7) is 2.30. The van der Waals surface area contributed by atoms with Crippen LogP contribution in [0.25, 0.3) is 0 Å². The first-order valence-electron chi connectivity index (χ1n) is 5.86. The Kier molecular flexibility index (Phi) is 3.23. The van der Waals surface area contributed by atoms with Gasteiger partial charge in [0.15, 0.2) is 0 Å². The van der Waals surface area contributed by atoms with E-state index in [1.807, 2.05) is 12.1 Å². The van der Waals surface area contributed by atoms with Crippen molar-refractivity contribution >= 4 is 0 Å². The largest absolute Gasteiger partial charge is 0.0654 e. The van der Waals surface area contributed by atoms with Crippen molar-refractivity contribution in [1.82, 2.24) is 0 Å². The normalized spacial score (nSPS) is 26.6. The third kappa shape index (κ3) is 2.17. The molecule has 1 radical (unpaired) electrons. The lowest BCUT2D eigenvalue weighted by molar-refractivity contribution is 0.489. The first-order chi connectivity index (χ1) is 6.90. The van der Waals surface area contributed by atoms with Gasteiger partial charge in [-0.15, -0.1) is 0 Å². The van der Waals surface area contributed by atoms with E-state index in [1.165, 1.54) is 37.7 Å². The van der Waals surface area contributed by atoms with Gasteiger partial charge in [-0.2, -0.15) is 0 Å². The Labute approximate surface area is 87.3 Å². The number of benzene rings is 1. The van der Waals surface area contributed by atoms with Crippen LogP contribution in [0.5, 0.6) is 0 Å². The number of hydrogen-bond acceptors (Lipinski definition) is 0. The molecule has 1 aliphatic carbocycles. The molecule has 2 unspecified atom stereocenters. The third-order valence-corrected chi connectivity index (χ3v) is 3.45. The lowest BCUT2D eigenvalue weighted by atomic mass is 9.95. The van der Waals surface area contributed by atoms with Crippen LogP contribution in [-0.2, 0) is 0 Å². The second kappa shape index (κ2) is 4.63. The monoisotopic (exact) mass is 187 g/mol. The minimum Gasteiger partial charge on any atom is -0.0654 e. The van der Waals surface area contributed by atoms with Gasteiger partial charge in [0.1, 0.15) is 0 Å². The zero-order valence-corrected chi connectivity index (χ0v) is 9.00. The fourth-order valence-electron chi connectivity index (χ4n) is 2.72. The quantitative estimate of drug-likeness (QED) is 0.666. The molecule has 0 N–H and O–H groups in total. The SMILES string of the molecule is CCCC1CCC(c2cc[c]cc2)C1. The van der Waals surface area contributed by atoms with E-state index in [4.69, 9.17) is 0 Å². The number of rotatable bonds is 3. The van der Waals surface area contributed by atoms with Gasteiger partial charge in [-0.05, 0) is 42.7 Å². The summed E-state index contributed by atoms with van der Waals surface area (Å²) in [6, 6.07) is 11.7. The topological polar surface area (TPSA) is 0 Å². The average molecular weight is 187 g/mol. The second-order valence-electron chi connectivity index (χ2n) is 4.50. The van der Waals surface area contributed by atoms with E-state index in [0.717, 1.165) is 11.8 Å². The Bertz CT molecular complexity index is 263. The molecule has 0 aromatic heterocycles. The summed E-state index contributed by atoms with van der Waals surface area (Å²) in [4.78, 5) is 0. The highest BCUT2D eigenvalue weighted by Crippen LogP contribution is 2.39. The Morgan fingerprint density at radius 1 is 1.29 bits per heavy atom. The Morgan fingerprint density at radius 3 is 2.79 bits per heavy atom. The zero-order chi connectivity index (χ0) is 9.80. The van der Waals surface area contributed by atoms with E-state index in [9.17, 15) is 0 Å². The van der Waals surface area contributed by atoms with Gasteiger partial charge in [-0.25, -0.2) is 0 Å². The van der Waals surface area contributed by atoms with Crippen molar-refractivity contribution in [2.24, 2.45) is 5.92 Å². The van der Waals surface area contributed by atoms with Gasteiger partial charge in [0, 0.05) is 0 Å². The van der Waals surface area contributed by atoms with E-state index in [-0.39, 0.29) is 0 Å². The van der Waals surface area contributed by atoms with E-state index < -0.39 is 0 Å². The second-order valence-corrected chi connectivity index (χ2v) is 4.50. The third-order valence-electron chi connectivity index (χ3n) is 3.45. The summed E-state index contributed by atoms with van der Waals surface area (Å²) < 4.78 is 0. The molecular weight excluding hydrogens is 168 g/mol. The maximum atomic E-state index is 3.09. The van der Waals surface area contributed by atoms with Crippen molar-refractivity contribution in [2.45, 2.75) is 44.9 Å². The van der Waals surface area contributed by atoms with Crippen molar-refractivity contribution in [3.63, 3.8) is 0 Å². The van der Waals surface area contributed by atoms with Gasteiger partial charge in [0.05, 0.1) is 0 Å². The summed E-state index contributed by atoms with van der Waals surface area (Å²) in [6.07, 6.45) is 7.03. The van der Waals surface area contributed by atoms with Crippen LogP contribution in [0.2, 0.25) is 0 Å². The lowest BCUT2D eigenvalue weighted by Crippen LogP contribution is -1.95. The number of hydrogen-bond donors (Lipinski definition) is 0. The van der Waals surface area contributed by atoms with Gasteiger partial charge >= 0.3 is 0 Å². The summed E-state index contributed by atoms with van der Waals surface area (Å²) in [5.74, 6) is 1.83. The summed E-state index contributed by atoms with van der Waals surface area (Å²) in [7, 11) is 0. The fraction of sp³-hybridized carbons (Fsp3) is 0.571. The predicted octanol–water partition coefficient (Wildman–Crippen LogP) is 4.17. The zero-order valence-electron chi connectivity index (χ0n) is 9.00. The van der Waals surface area contributed by atoms with Gasteiger partial charge in [0.25, 0.3) is 0 Å². The van der Waals surface area contributed by atoms with Crippen LogP contribution in [0.15, 0.2) is 24.3 Å². The van der Waals surface area contributed by atoms with E-state index in [1.54, 1.807) is 0 Å². The van der Waals surface area contributed by atoms with Crippen LogP contribution in [0, 0.1) is 12.0 Å². The van der Waals surface area contributed by atoms with Crippen molar-refractivity contribution in [2.75, 3.05) is 0 Å². The van der Waals surface area contributed by atoms with Crippen molar-refractivity contribution in [1.29, 1.82) is 0 Å². The van der Waals surface area contributed by atoms with Gasteiger partial charge < -0.3 is 0 Å². The molecule has 0 aliphatic heterocycles. The highest BCUT2D eigenvalue weighted by molar-refractivity contribution is 5.19. The molecule has 1 aromatic rings. The predicted molar refractivity (Wildman–Crippen MR) is 60.3 cm³/mol. The maximum absolute atomic E-state index is 3.09. The van der Waals surface area contributed by atoms with E-state index in [0.29, 0.717) is 0 Å². The molecule has 2 rings (SSSR count). The highest BCUT2D eigenvalue weighted by atomic mass is 14.3. The molecule has 1 fully saturated rings. The average Bonchev–Trinajstić information content (AvgIpc) is 2.68. The highest BCUT2D eigenvalue weighted by Gasteiger charge is 2.24. The van der Waals surface area contributed by atoms with E-state index in [2.05, 4.69) is 25.1 Å². The van der Waals surface area contributed by atoms with Crippen LogP contribution in [0.1, 0.15) is 50.5 Å². The van der Waals surface area contributed by atoms with Gasteiger partial charge in [-0.1, -0.05) is 44.0 Å². The first-order valence-corrected chi connectivity index (χ1v) is 5.86. The van der Waals surface area contributed by atoms with Crippen molar-refractivity contribution in [3.05, 3.63) is 35.9 Å². The molecule has 75 valence electrons. The summed E-state index contributed by atoms with van der Waals surface area (Å²) in [5.41, 5.74) is 1.53. The molecule has 2 atom stereocenters. The molecule has 0 amide bonds. The lowest BCUT2D eigenvalue weighted by Gasteiger charge is -2.10. The van der Waals surface area contributed by atoms with E-state index >= 15 is 0 Å². The molecule has 0 spiro atoms. The van der Waals surface area contributed by atoms with Crippen LogP contribution >= 0.6 is 0 Å². The molecule has 1 aliphatic rings. The Balaban J connectivity index is 1.96. The molecule has 0 bridgehead atoms. The van der Waals surface area contributed by atoms with Crippen molar-refractivity contribution < 1.29 is 0 Å². The minimum atomic E-state index is 0.834. The molecule has 0 saturated heterocycles. The minimum absolute atomic E-state index is 0.834. The van der Waals surface area contributed by atoms with Gasteiger partial charge in [0.2, 0.25) is 0 Å². The molecule has 0 heteroatoms. The van der Waals surface area contributed by atoms with Crippen LogP contribution in [-0.4, -0.2) is 0 Å². The first kappa shape index (κ1) is 9.76. The summed E-state index contributed by atoms with van der Waals surface area (Å²) in [5, 5.41) is 0. The molecule has 14 heavy (non-hydrogen) atoms. The van der Waals surface area contributed by atoms with Crippen LogP contribution in [0.4, 0.5) is 0 Å². The van der Waals surface area contributed by atoms with Crippen molar-refractivity contribution in [3.8, 4) is 0 Å². The maximum Gasteiger partial charge on any atom is -0.0159 e. The Morgan fingerprint density at radius 2 is 2.07 bits per heavy atom. The fourth-order valence-corrected chi connectivity index (χ4v) is 2.72.